The maximum Gasteiger partial charge on any atom is 0.259 e. The maximum atomic E-state index is 12.1. The van der Waals surface area contributed by atoms with Crippen LogP contribution in [0.1, 0.15) is 15.9 Å². The molecule has 0 aliphatic rings. The molecule has 98 valence electrons. The van der Waals surface area contributed by atoms with E-state index in [4.69, 9.17) is 11.6 Å². The highest BCUT2D eigenvalue weighted by Crippen LogP contribution is 2.21. The number of anilines is 1. The van der Waals surface area contributed by atoms with E-state index >= 15 is 0 Å². The molecule has 2 rings (SSSR count). The lowest BCUT2D eigenvalue weighted by molar-refractivity contribution is 0.102. The summed E-state index contributed by atoms with van der Waals surface area (Å²) < 4.78 is 1.56. The normalized spacial score (nSPS) is 10.3. The number of amides is 1. The second kappa shape index (κ2) is 5.98. The largest absolute Gasteiger partial charge is 0.306 e. The molecule has 0 radical (unpaired) electrons. The lowest BCUT2D eigenvalue weighted by atomic mass is 10.2. The van der Waals surface area contributed by atoms with E-state index in [0.717, 1.165) is 10.0 Å². The molecule has 19 heavy (non-hydrogen) atoms. The van der Waals surface area contributed by atoms with Gasteiger partial charge in [0.1, 0.15) is 11.0 Å². The fraction of sp³-hybridized carbons (Fsp3) is 0.0833. The van der Waals surface area contributed by atoms with E-state index in [0.29, 0.717) is 15.9 Å². The van der Waals surface area contributed by atoms with Crippen LogP contribution in [-0.4, -0.2) is 15.9 Å². The minimum atomic E-state index is -0.354. The van der Waals surface area contributed by atoms with E-state index in [9.17, 15) is 4.79 Å². The highest BCUT2D eigenvalue weighted by molar-refractivity contribution is 9.10. The summed E-state index contributed by atoms with van der Waals surface area (Å²) >= 11 is 12.5. The molecule has 0 unspecified atom stereocenters. The van der Waals surface area contributed by atoms with Crippen molar-refractivity contribution in [1.29, 1.82) is 0 Å². The van der Waals surface area contributed by atoms with E-state index in [1.54, 1.807) is 18.3 Å². The Hall–Kier alpha value is -0.980. The van der Waals surface area contributed by atoms with Crippen LogP contribution in [-0.2, 0) is 0 Å². The Morgan fingerprint density at radius 3 is 2.68 bits per heavy atom. The quantitative estimate of drug-likeness (QED) is 0.762. The molecule has 0 aliphatic heterocycles. The molecule has 0 spiro atoms. The first-order valence-electron chi connectivity index (χ1n) is 5.22. The van der Waals surface area contributed by atoms with Crippen LogP contribution in [0.2, 0.25) is 5.15 Å². The molecular formula is C12H8Br2ClN3O. The number of rotatable bonds is 2. The molecule has 0 saturated carbocycles. The van der Waals surface area contributed by atoms with Gasteiger partial charge in [0.2, 0.25) is 0 Å². The van der Waals surface area contributed by atoms with Crippen LogP contribution in [0.15, 0.2) is 33.5 Å². The summed E-state index contributed by atoms with van der Waals surface area (Å²) in [6, 6.07) is 3.37. The molecule has 0 atom stereocenters. The minimum absolute atomic E-state index is 0.148. The summed E-state index contributed by atoms with van der Waals surface area (Å²) in [5.41, 5.74) is 1.27. The Kier molecular flexibility index (Phi) is 4.54. The smallest absolute Gasteiger partial charge is 0.259 e. The monoisotopic (exact) mass is 403 g/mol. The first kappa shape index (κ1) is 14.4. The maximum absolute atomic E-state index is 12.1. The van der Waals surface area contributed by atoms with Crippen molar-refractivity contribution in [3.8, 4) is 0 Å². The molecular weight excluding hydrogens is 397 g/mol. The molecule has 2 aromatic rings. The van der Waals surface area contributed by atoms with Gasteiger partial charge in [-0.2, -0.15) is 0 Å². The van der Waals surface area contributed by atoms with Crippen molar-refractivity contribution in [2.45, 2.75) is 6.92 Å². The van der Waals surface area contributed by atoms with Crippen molar-refractivity contribution in [3.63, 3.8) is 0 Å². The van der Waals surface area contributed by atoms with E-state index in [-0.39, 0.29) is 11.1 Å². The first-order chi connectivity index (χ1) is 8.97. The number of aromatic nitrogens is 2. The van der Waals surface area contributed by atoms with E-state index in [2.05, 4.69) is 47.1 Å². The van der Waals surface area contributed by atoms with Gasteiger partial charge in [-0.3, -0.25) is 4.79 Å². The van der Waals surface area contributed by atoms with Crippen molar-refractivity contribution in [2.75, 3.05) is 5.32 Å². The molecule has 4 nitrogen and oxygen atoms in total. The van der Waals surface area contributed by atoms with Crippen LogP contribution in [0.5, 0.6) is 0 Å². The predicted molar refractivity (Wildman–Crippen MR) is 81.6 cm³/mol. The Balaban J connectivity index is 2.25. The summed E-state index contributed by atoms with van der Waals surface area (Å²) in [5.74, 6) is 0.106. The molecule has 2 aromatic heterocycles. The highest BCUT2D eigenvalue weighted by Gasteiger charge is 2.13. The molecule has 0 fully saturated rings. The van der Waals surface area contributed by atoms with Crippen LogP contribution in [0.3, 0.4) is 0 Å². The molecule has 1 amide bonds. The number of halogens is 3. The van der Waals surface area contributed by atoms with Gasteiger partial charge in [0.25, 0.3) is 5.91 Å². The molecule has 1 N–H and O–H groups in total. The number of hydrogen-bond acceptors (Lipinski definition) is 3. The third-order valence-electron chi connectivity index (χ3n) is 2.34. The van der Waals surface area contributed by atoms with Gasteiger partial charge in [0.15, 0.2) is 0 Å². The van der Waals surface area contributed by atoms with E-state index in [1.807, 2.05) is 6.92 Å². The van der Waals surface area contributed by atoms with Crippen LogP contribution in [0.4, 0.5) is 5.82 Å². The van der Waals surface area contributed by atoms with Crippen molar-refractivity contribution in [1.82, 2.24) is 9.97 Å². The SMILES string of the molecule is Cc1cc(NC(=O)c2cc(Br)cnc2Cl)ncc1Br. The lowest BCUT2D eigenvalue weighted by Crippen LogP contribution is -2.14. The number of carbonyl (C=O) groups is 1. The fourth-order valence-electron chi connectivity index (χ4n) is 1.37. The Labute approximate surface area is 131 Å². The van der Waals surface area contributed by atoms with Gasteiger partial charge in [-0.05, 0) is 56.5 Å². The third kappa shape index (κ3) is 3.52. The van der Waals surface area contributed by atoms with Crippen LogP contribution in [0.25, 0.3) is 0 Å². The first-order valence-corrected chi connectivity index (χ1v) is 7.18. The molecule has 0 saturated heterocycles. The topological polar surface area (TPSA) is 54.9 Å². The number of aryl methyl sites for hydroxylation is 1. The minimum Gasteiger partial charge on any atom is -0.306 e. The second-order valence-corrected chi connectivity index (χ2v) is 5.89. The van der Waals surface area contributed by atoms with Crippen LogP contribution >= 0.6 is 43.5 Å². The number of carbonyl (C=O) groups excluding carboxylic acids is 1. The predicted octanol–water partition coefficient (Wildman–Crippen LogP) is 4.22. The van der Waals surface area contributed by atoms with Crippen molar-refractivity contribution < 1.29 is 4.79 Å². The highest BCUT2D eigenvalue weighted by atomic mass is 79.9. The summed E-state index contributed by atoms with van der Waals surface area (Å²) in [5, 5.41) is 2.83. The zero-order chi connectivity index (χ0) is 14.0. The zero-order valence-electron chi connectivity index (χ0n) is 9.75. The average molecular weight is 405 g/mol. The Bertz CT molecular complexity index is 649. The summed E-state index contributed by atoms with van der Waals surface area (Å²) in [4.78, 5) is 20.1. The van der Waals surface area contributed by atoms with Crippen molar-refractivity contribution >= 4 is 55.2 Å². The van der Waals surface area contributed by atoms with Gasteiger partial charge in [-0.1, -0.05) is 11.6 Å². The number of hydrogen-bond donors (Lipinski definition) is 1. The van der Waals surface area contributed by atoms with Gasteiger partial charge in [0, 0.05) is 21.3 Å². The number of nitrogens with one attached hydrogen (secondary N) is 1. The van der Waals surface area contributed by atoms with Gasteiger partial charge < -0.3 is 5.32 Å². The fourth-order valence-corrected chi connectivity index (χ4v) is 2.11. The van der Waals surface area contributed by atoms with Gasteiger partial charge in [0.05, 0.1) is 5.56 Å². The van der Waals surface area contributed by atoms with Crippen LogP contribution in [0, 0.1) is 6.92 Å². The Morgan fingerprint density at radius 2 is 2.00 bits per heavy atom. The van der Waals surface area contributed by atoms with E-state index in [1.165, 1.54) is 6.20 Å². The van der Waals surface area contributed by atoms with Gasteiger partial charge >= 0.3 is 0 Å². The zero-order valence-corrected chi connectivity index (χ0v) is 13.7. The molecule has 7 heteroatoms. The number of nitrogens with zero attached hydrogens (tertiary/aromatic N) is 2. The summed E-state index contributed by atoms with van der Waals surface area (Å²) in [6.07, 6.45) is 3.16. The average Bonchev–Trinajstić information content (AvgIpc) is 2.36. The Morgan fingerprint density at radius 1 is 1.26 bits per heavy atom. The standard InChI is InChI=1S/C12H8Br2ClN3O/c1-6-2-10(16-5-9(6)14)18-12(19)8-3-7(13)4-17-11(8)15/h2-5H,1H3,(H,16,18,19). The van der Waals surface area contributed by atoms with Crippen molar-refractivity contribution in [2.24, 2.45) is 0 Å². The summed E-state index contributed by atoms with van der Waals surface area (Å²) in [6.45, 7) is 1.91. The molecule has 2 heterocycles. The molecule has 0 aliphatic carbocycles. The number of pyridine rings is 2. The van der Waals surface area contributed by atoms with Crippen LogP contribution < -0.4 is 5.32 Å². The molecule has 0 aromatic carbocycles. The van der Waals surface area contributed by atoms with Gasteiger partial charge in [-0.25, -0.2) is 9.97 Å². The second-order valence-electron chi connectivity index (χ2n) is 3.76. The molecule has 0 bridgehead atoms. The summed E-state index contributed by atoms with van der Waals surface area (Å²) in [7, 11) is 0. The van der Waals surface area contributed by atoms with Crippen molar-refractivity contribution in [3.05, 3.63) is 49.8 Å². The van der Waals surface area contributed by atoms with E-state index < -0.39 is 0 Å². The lowest BCUT2D eigenvalue weighted by Gasteiger charge is -2.07. The van der Waals surface area contributed by atoms with Gasteiger partial charge in [-0.15, -0.1) is 0 Å². The third-order valence-corrected chi connectivity index (χ3v) is 3.90.